The van der Waals surface area contributed by atoms with Crippen LogP contribution in [0.2, 0.25) is 0 Å². The number of ether oxygens (including phenoxy) is 1. The number of anilines is 2. The summed E-state index contributed by atoms with van der Waals surface area (Å²) in [6.07, 6.45) is 0.921. The van der Waals surface area contributed by atoms with Crippen molar-refractivity contribution in [2.45, 2.75) is 26.4 Å². The minimum absolute atomic E-state index is 0.0728. The molecule has 122 valence electrons. The second-order valence-corrected chi connectivity index (χ2v) is 5.84. The number of nitrogens with zero attached hydrogens (tertiary/aromatic N) is 1. The first-order chi connectivity index (χ1) is 11.2. The molecule has 1 aliphatic heterocycles. The number of rotatable bonds is 5. The van der Waals surface area contributed by atoms with Crippen molar-refractivity contribution in [3.05, 3.63) is 48.0 Å². The highest BCUT2D eigenvalue weighted by molar-refractivity contribution is 5.60. The Morgan fingerprint density at radius 3 is 2.57 bits per heavy atom. The van der Waals surface area contributed by atoms with Crippen LogP contribution in [0.3, 0.4) is 0 Å². The number of aromatic hydroxyl groups is 1. The van der Waals surface area contributed by atoms with Gasteiger partial charge in [0.05, 0.1) is 12.2 Å². The molecule has 0 bridgehead atoms. The summed E-state index contributed by atoms with van der Waals surface area (Å²) >= 11 is 0. The van der Waals surface area contributed by atoms with E-state index in [0.29, 0.717) is 0 Å². The van der Waals surface area contributed by atoms with Gasteiger partial charge in [0.15, 0.2) is 0 Å². The molecule has 2 aromatic rings. The van der Waals surface area contributed by atoms with E-state index < -0.39 is 0 Å². The third kappa shape index (κ3) is 3.52. The number of benzene rings is 2. The molecule has 2 aromatic carbocycles. The maximum Gasteiger partial charge on any atom is 0.146 e. The molecule has 3 rings (SSSR count). The lowest BCUT2D eigenvalue weighted by molar-refractivity contribution is 0.205. The highest BCUT2D eigenvalue weighted by Crippen LogP contribution is 2.33. The van der Waals surface area contributed by atoms with Gasteiger partial charge in [-0.25, -0.2) is 0 Å². The number of fused-ring (bicyclic) bond motifs is 1. The van der Waals surface area contributed by atoms with Crippen LogP contribution in [0.25, 0.3) is 0 Å². The fraction of sp³-hybridized carbons (Fsp3) is 0.368. The van der Waals surface area contributed by atoms with E-state index in [9.17, 15) is 5.11 Å². The molecule has 23 heavy (non-hydrogen) atoms. The fourth-order valence-electron chi connectivity index (χ4n) is 3.01. The summed E-state index contributed by atoms with van der Waals surface area (Å²) in [7, 11) is 0. The highest BCUT2D eigenvalue weighted by atomic mass is 16.5. The Bertz CT molecular complexity index is 651. The van der Waals surface area contributed by atoms with E-state index in [2.05, 4.69) is 48.3 Å². The van der Waals surface area contributed by atoms with Gasteiger partial charge in [-0.1, -0.05) is 12.1 Å². The average molecular weight is 312 g/mol. The summed E-state index contributed by atoms with van der Waals surface area (Å²) in [5.41, 5.74) is 3.46. The number of phenolic OH excluding ortho intramolecular Hbond substituents is 1. The van der Waals surface area contributed by atoms with Crippen LogP contribution in [0, 0.1) is 0 Å². The molecule has 0 amide bonds. The van der Waals surface area contributed by atoms with Crippen LogP contribution in [0.4, 0.5) is 11.4 Å². The molecular weight excluding hydrogens is 288 g/mol. The first-order valence-electron chi connectivity index (χ1n) is 8.27. The van der Waals surface area contributed by atoms with Crippen molar-refractivity contribution in [2.24, 2.45) is 0 Å². The molecule has 1 heterocycles. The topological polar surface area (TPSA) is 44.7 Å². The van der Waals surface area contributed by atoms with Crippen molar-refractivity contribution < 1.29 is 9.84 Å². The van der Waals surface area contributed by atoms with E-state index in [-0.39, 0.29) is 11.9 Å². The predicted octanol–water partition coefficient (Wildman–Crippen LogP) is 3.65. The number of phenols is 1. The Morgan fingerprint density at radius 2 is 1.87 bits per heavy atom. The third-order valence-electron chi connectivity index (χ3n) is 4.31. The predicted molar refractivity (Wildman–Crippen MR) is 94.7 cm³/mol. The second-order valence-electron chi connectivity index (χ2n) is 5.84. The van der Waals surface area contributed by atoms with E-state index in [1.807, 2.05) is 6.07 Å². The Labute approximate surface area is 137 Å². The summed E-state index contributed by atoms with van der Waals surface area (Å²) in [5, 5.41) is 12.9. The van der Waals surface area contributed by atoms with E-state index in [0.717, 1.165) is 37.5 Å². The van der Waals surface area contributed by atoms with Crippen LogP contribution in [0.5, 0.6) is 11.5 Å². The molecule has 1 unspecified atom stereocenters. The second kappa shape index (κ2) is 6.82. The van der Waals surface area contributed by atoms with Gasteiger partial charge in [0, 0.05) is 31.3 Å². The van der Waals surface area contributed by atoms with Crippen LogP contribution in [0.15, 0.2) is 42.5 Å². The molecule has 0 saturated heterocycles. The maximum absolute atomic E-state index is 9.58. The van der Waals surface area contributed by atoms with Gasteiger partial charge < -0.3 is 20.1 Å². The Hall–Kier alpha value is -2.36. The Balaban J connectivity index is 1.66. The number of nitrogens with one attached hydrogen (secondary N) is 1. The molecule has 0 radical (unpaired) electrons. The minimum atomic E-state index is 0.0728. The van der Waals surface area contributed by atoms with E-state index in [1.54, 1.807) is 12.1 Å². The third-order valence-corrected chi connectivity index (χ3v) is 4.31. The lowest BCUT2D eigenvalue weighted by Crippen LogP contribution is -2.32. The summed E-state index contributed by atoms with van der Waals surface area (Å²) in [5.74, 6) is 0.954. The van der Waals surface area contributed by atoms with E-state index in [4.69, 9.17) is 4.74 Å². The van der Waals surface area contributed by atoms with Gasteiger partial charge in [0.2, 0.25) is 0 Å². The van der Waals surface area contributed by atoms with Crippen LogP contribution < -0.4 is 15.0 Å². The highest BCUT2D eigenvalue weighted by Gasteiger charge is 2.20. The summed E-state index contributed by atoms with van der Waals surface area (Å²) in [6, 6.07) is 13.9. The monoisotopic (exact) mass is 312 g/mol. The van der Waals surface area contributed by atoms with Crippen molar-refractivity contribution in [1.82, 2.24) is 0 Å². The molecule has 1 aliphatic rings. The number of hydrogen-bond donors (Lipinski definition) is 2. The largest absolute Gasteiger partial charge is 0.508 e. The lowest BCUT2D eigenvalue weighted by Gasteiger charge is -2.28. The van der Waals surface area contributed by atoms with Crippen LogP contribution in [0.1, 0.15) is 19.4 Å². The molecule has 0 fully saturated rings. The van der Waals surface area contributed by atoms with Gasteiger partial charge in [-0.15, -0.1) is 0 Å². The molecule has 1 atom stereocenters. The quantitative estimate of drug-likeness (QED) is 0.827. The summed E-state index contributed by atoms with van der Waals surface area (Å²) in [4.78, 5) is 2.33. The van der Waals surface area contributed by atoms with Gasteiger partial charge in [0.25, 0.3) is 0 Å². The van der Waals surface area contributed by atoms with Gasteiger partial charge in [0.1, 0.15) is 17.6 Å². The zero-order chi connectivity index (χ0) is 16.2. The molecular formula is C19H24N2O2. The Morgan fingerprint density at radius 1 is 1.13 bits per heavy atom. The molecule has 0 saturated carbocycles. The lowest BCUT2D eigenvalue weighted by atomic mass is 10.1. The smallest absolute Gasteiger partial charge is 0.146 e. The van der Waals surface area contributed by atoms with Gasteiger partial charge in [-0.3, -0.25) is 0 Å². The molecule has 4 heteroatoms. The van der Waals surface area contributed by atoms with Crippen molar-refractivity contribution in [3.63, 3.8) is 0 Å². The zero-order valence-electron chi connectivity index (χ0n) is 13.7. The van der Waals surface area contributed by atoms with Gasteiger partial charge in [-0.2, -0.15) is 0 Å². The molecule has 4 nitrogen and oxygen atoms in total. The van der Waals surface area contributed by atoms with Crippen molar-refractivity contribution in [3.8, 4) is 11.5 Å². The Kier molecular flexibility index (Phi) is 4.60. The number of hydrogen-bond acceptors (Lipinski definition) is 4. The standard InChI is InChI=1S/C19H24N2O2/c1-3-21(4-2)15-7-5-14(6-8-15)11-17-13-20-18-10-9-16(22)12-19(18)23-17/h5-10,12,17,20,22H,3-4,11,13H2,1-2H3. The van der Waals surface area contributed by atoms with Crippen molar-refractivity contribution in [2.75, 3.05) is 29.9 Å². The van der Waals surface area contributed by atoms with E-state index in [1.165, 1.54) is 11.3 Å². The normalized spacial score (nSPS) is 16.2. The van der Waals surface area contributed by atoms with Crippen molar-refractivity contribution >= 4 is 11.4 Å². The fourth-order valence-corrected chi connectivity index (χ4v) is 3.01. The summed E-state index contributed by atoms with van der Waals surface area (Å²) in [6.45, 7) is 7.16. The van der Waals surface area contributed by atoms with Gasteiger partial charge >= 0.3 is 0 Å². The molecule has 2 N–H and O–H groups in total. The van der Waals surface area contributed by atoms with Crippen molar-refractivity contribution in [1.29, 1.82) is 0 Å². The SMILES string of the molecule is CCN(CC)c1ccc(CC2CNc3ccc(O)cc3O2)cc1. The maximum atomic E-state index is 9.58. The van der Waals surface area contributed by atoms with Crippen LogP contribution in [-0.2, 0) is 6.42 Å². The van der Waals surface area contributed by atoms with Crippen LogP contribution >= 0.6 is 0 Å². The summed E-state index contributed by atoms with van der Waals surface area (Å²) < 4.78 is 6.00. The first kappa shape index (κ1) is 15.5. The first-order valence-corrected chi connectivity index (χ1v) is 8.27. The van der Waals surface area contributed by atoms with Crippen LogP contribution in [-0.4, -0.2) is 30.8 Å². The molecule has 0 aromatic heterocycles. The van der Waals surface area contributed by atoms with E-state index >= 15 is 0 Å². The molecule has 0 aliphatic carbocycles. The average Bonchev–Trinajstić information content (AvgIpc) is 2.57. The zero-order valence-corrected chi connectivity index (χ0v) is 13.7. The minimum Gasteiger partial charge on any atom is -0.508 e. The van der Waals surface area contributed by atoms with Gasteiger partial charge in [-0.05, 0) is 43.7 Å². The molecule has 0 spiro atoms.